The average molecular weight is 276 g/mol. The maximum absolute atomic E-state index is 4.47. The molecule has 0 saturated carbocycles. The van der Waals surface area contributed by atoms with Gasteiger partial charge in [-0.05, 0) is 41.5 Å². The van der Waals surface area contributed by atoms with E-state index in [4.69, 9.17) is 0 Å². The normalized spacial score (nSPS) is 26.1. The van der Waals surface area contributed by atoms with Crippen LogP contribution >= 0.6 is 0 Å². The number of hydrogen-bond acceptors (Lipinski definition) is 4. The molecule has 2 N–H and O–H groups in total. The number of aliphatic imine (C=N–C) groups is 2. The molecule has 1 heterocycles. The molecular formula is C16H28N4. The monoisotopic (exact) mass is 276 g/mol. The highest BCUT2D eigenvalue weighted by molar-refractivity contribution is 5.84. The summed E-state index contributed by atoms with van der Waals surface area (Å²) in [7, 11) is 0. The summed E-state index contributed by atoms with van der Waals surface area (Å²) in [6.45, 7) is 12.7. The molecule has 0 fully saturated rings. The lowest BCUT2D eigenvalue weighted by Crippen LogP contribution is -2.38. The van der Waals surface area contributed by atoms with Crippen LogP contribution in [-0.2, 0) is 0 Å². The van der Waals surface area contributed by atoms with Gasteiger partial charge in [0.25, 0.3) is 0 Å². The second kappa shape index (κ2) is 6.73. The summed E-state index contributed by atoms with van der Waals surface area (Å²) in [6.07, 6.45) is 9.27. The van der Waals surface area contributed by atoms with Crippen LogP contribution in [0.5, 0.6) is 0 Å². The Morgan fingerprint density at radius 3 is 1.50 bits per heavy atom. The van der Waals surface area contributed by atoms with Gasteiger partial charge >= 0.3 is 0 Å². The maximum Gasteiger partial charge on any atom is 0.0424 e. The fourth-order valence-electron chi connectivity index (χ4n) is 2.33. The third-order valence-corrected chi connectivity index (χ3v) is 3.08. The Bertz CT molecular complexity index is 397. The Balaban J connectivity index is 2.93. The maximum atomic E-state index is 4.47. The molecule has 20 heavy (non-hydrogen) atoms. The molecule has 1 aliphatic rings. The predicted octanol–water partition coefficient (Wildman–Crippen LogP) is 3.38. The first-order valence-corrected chi connectivity index (χ1v) is 7.12. The van der Waals surface area contributed by atoms with Crippen molar-refractivity contribution < 1.29 is 0 Å². The van der Waals surface area contributed by atoms with E-state index in [2.05, 4.69) is 62.2 Å². The van der Waals surface area contributed by atoms with Crippen molar-refractivity contribution in [1.29, 1.82) is 0 Å². The zero-order valence-electron chi connectivity index (χ0n) is 13.6. The molecule has 0 spiro atoms. The van der Waals surface area contributed by atoms with E-state index in [9.17, 15) is 0 Å². The van der Waals surface area contributed by atoms with Gasteiger partial charge in [0, 0.05) is 60.1 Å². The van der Waals surface area contributed by atoms with Crippen molar-refractivity contribution in [3.05, 3.63) is 24.8 Å². The van der Waals surface area contributed by atoms with Crippen LogP contribution in [0, 0.1) is 0 Å². The van der Waals surface area contributed by atoms with Gasteiger partial charge in [0.15, 0.2) is 0 Å². The van der Waals surface area contributed by atoms with Crippen LogP contribution in [-0.4, -0.2) is 22.5 Å². The molecule has 4 nitrogen and oxygen atoms in total. The first-order valence-electron chi connectivity index (χ1n) is 7.12. The van der Waals surface area contributed by atoms with Crippen molar-refractivity contribution in [3.8, 4) is 0 Å². The molecule has 112 valence electrons. The van der Waals surface area contributed by atoms with E-state index in [-0.39, 0.29) is 11.1 Å². The summed E-state index contributed by atoms with van der Waals surface area (Å²) in [5.74, 6) is 0. The molecule has 0 saturated heterocycles. The van der Waals surface area contributed by atoms with Crippen LogP contribution in [0.3, 0.4) is 0 Å². The quantitative estimate of drug-likeness (QED) is 0.712. The van der Waals surface area contributed by atoms with Crippen LogP contribution < -0.4 is 10.6 Å². The van der Waals surface area contributed by atoms with E-state index >= 15 is 0 Å². The fraction of sp³-hybridized carbons (Fsp3) is 0.625. The Morgan fingerprint density at radius 2 is 1.15 bits per heavy atom. The molecule has 0 aromatic heterocycles. The topological polar surface area (TPSA) is 48.8 Å². The molecule has 1 rings (SSSR count). The Morgan fingerprint density at radius 1 is 0.800 bits per heavy atom. The molecule has 0 aromatic carbocycles. The van der Waals surface area contributed by atoms with Crippen LogP contribution in [0.4, 0.5) is 0 Å². The van der Waals surface area contributed by atoms with E-state index in [1.807, 2.05) is 24.8 Å². The lowest BCUT2D eigenvalue weighted by atomic mass is 9.97. The van der Waals surface area contributed by atoms with Crippen LogP contribution in [0.15, 0.2) is 34.8 Å². The Hall–Kier alpha value is -1.58. The zero-order valence-corrected chi connectivity index (χ0v) is 13.6. The predicted molar refractivity (Wildman–Crippen MR) is 88.2 cm³/mol. The Labute approximate surface area is 123 Å². The van der Waals surface area contributed by atoms with Crippen molar-refractivity contribution >= 4 is 11.4 Å². The first kappa shape index (κ1) is 16.5. The van der Waals surface area contributed by atoms with Crippen LogP contribution in [0.2, 0.25) is 0 Å². The lowest BCUT2D eigenvalue weighted by Gasteiger charge is -2.26. The number of nitrogens with zero attached hydrogens (tertiary/aromatic N) is 2. The highest BCUT2D eigenvalue weighted by atomic mass is 15.0. The second-order valence-electron chi connectivity index (χ2n) is 6.77. The average Bonchev–Trinajstić information content (AvgIpc) is 2.28. The summed E-state index contributed by atoms with van der Waals surface area (Å²) in [6, 6.07) is 0. The number of nitrogens with one attached hydrogen (secondary N) is 2. The molecule has 0 unspecified atom stereocenters. The van der Waals surface area contributed by atoms with Gasteiger partial charge in [0.2, 0.25) is 0 Å². The van der Waals surface area contributed by atoms with Crippen molar-refractivity contribution in [3.63, 3.8) is 0 Å². The van der Waals surface area contributed by atoms with Crippen molar-refractivity contribution in [2.45, 2.75) is 65.5 Å². The van der Waals surface area contributed by atoms with Crippen molar-refractivity contribution in [2.75, 3.05) is 0 Å². The van der Waals surface area contributed by atoms with Gasteiger partial charge in [-0.15, -0.1) is 0 Å². The van der Waals surface area contributed by atoms with Crippen molar-refractivity contribution in [2.24, 2.45) is 9.98 Å². The molecule has 0 atom stereocenters. The van der Waals surface area contributed by atoms with Gasteiger partial charge < -0.3 is 10.6 Å². The van der Waals surface area contributed by atoms with Gasteiger partial charge in [-0.1, -0.05) is 0 Å². The summed E-state index contributed by atoms with van der Waals surface area (Å²) in [5, 5.41) is 6.75. The molecule has 0 bridgehead atoms. The van der Waals surface area contributed by atoms with Gasteiger partial charge in [0.1, 0.15) is 0 Å². The largest absolute Gasteiger partial charge is 0.384 e. The summed E-state index contributed by atoms with van der Waals surface area (Å²) in [5.41, 5.74) is 2.14. The highest BCUT2D eigenvalue weighted by Crippen LogP contribution is 2.12. The SMILES string of the molecule is CC1=N/C=C\NC(C)(C)CC(C)=N/C=C\NC(C)(C)C1. The molecule has 0 aliphatic carbocycles. The van der Waals surface area contributed by atoms with Crippen molar-refractivity contribution in [1.82, 2.24) is 10.6 Å². The molecule has 1 aliphatic heterocycles. The third kappa shape index (κ3) is 6.55. The summed E-state index contributed by atoms with van der Waals surface area (Å²) in [4.78, 5) is 8.94. The van der Waals surface area contributed by atoms with Gasteiger partial charge in [-0.25, -0.2) is 0 Å². The number of hydrogen-bond donors (Lipinski definition) is 2. The van der Waals surface area contributed by atoms with Crippen LogP contribution in [0.25, 0.3) is 0 Å². The highest BCUT2D eigenvalue weighted by Gasteiger charge is 2.18. The lowest BCUT2D eigenvalue weighted by molar-refractivity contribution is 0.456. The molecule has 0 aromatic rings. The zero-order chi connectivity index (χ0) is 15.2. The van der Waals surface area contributed by atoms with E-state index in [1.165, 1.54) is 0 Å². The van der Waals surface area contributed by atoms with E-state index < -0.39 is 0 Å². The minimum Gasteiger partial charge on any atom is -0.384 e. The molecule has 0 amide bonds. The second-order valence-corrected chi connectivity index (χ2v) is 6.77. The van der Waals surface area contributed by atoms with Crippen LogP contribution in [0.1, 0.15) is 54.4 Å². The molecular weight excluding hydrogens is 248 g/mol. The van der Waals surface area contributed by atoms with Gasteiger partial charge in [0.05, 0.1) is 0 Å². The minimum atomic E-state index is -0.0296. The first-order chi connectivity index (χ1) is 9.20. The summed E-state index contributed by atoms with van der Waals surface area (Å²) < 4.78 is 0. The van der Waals surface area contributed by atoms with Gasteiger partial charge in [-0.3, -0.25) is 9.98 Å². The Kier molecular flexibility index (Phi) is 5.54. The molecule has 0 radical (unpaired) electrons. The van der Waals surface area contributed by atoms with E-state index in [1.54, 1.807) is 0 Å². The van der Waals surface area contributed by atoms with E-state index in [0.29, 0.717) is 0 Å². The van der Waals surface area contributed by atoms with Gasteiger partial charge in [-0.2, -0.15) is 0 Å². The smallest absolute Gasteiger partial charge is 0.0424 e. The minimum absolute atomic E-state index is 0.0296. The third-order valence-electron chi connectivity index (χ3n) is 3.08. The number of rotatable bonds is 0. The standard InChI is InChI=1S/C16H28N4/c1-13-11-15(3,4)19-10-8-18-14(2)12-16(5,6)20-9-7-17-13/h7-10,19-20H,11-12H2,1-6H3/b9-7-,10-8-,17-13?,18-14?. The van der Waals surface area contributed by atoms with E-state index in [0.717, 1.165) is 24.3 Å². The molecule has 4 heteroatoms. The fourth-order valence-corrected chi connectivity index (χ4v) is 2.33. The summed E-state index contributed by atoms with van der Waals surface area (Å²) >= 11 is 0.